The summed E-state index contributed by atoms with van der Waals surface area (Å²) >= 11 is 0. The topological polar surface area (TPSA) is 151 Å². The number of halogens is 3. The lowest BCUT2D eigenvalue weighted by Gasteiger charge is -2.18. The highest BCUT2D eigenvalue weighted by molar-refractivity contribution is 7.89. The summed E-state index contributed by atoms with van der Waals surface area (Å²) in [5.74, 6) is -3.67. The quantitative estimate of drug-likeness (QED) is 0.161. The van der Waals surface area contributed by atoms with E-state index in [1.807, 2.05) is 0 Å². The number of benzene rings is 3. The van der Waals surface area contributed by atoms with Crippen LogP contribution in [0.2, 0.25) is 0 Å². The summed E-state index contributed by atoms with van der Waals surface area (Å²) in [5, 5.41) is 2.72. The Morgan fingerprint density at radius 1 is 0.875 bits per heavy atom. The van der Waals surface area contributed by atoms with Crippen molar-refractivity contribution in [1.82, 2.24) is 19.7 Å². The Bertz CT molecular complexity index is 2160. The first kappa shape index (κ1) is 32.5. The van der Waals surface area contributed by atoms with Crippen LogP contribution >= 0.6 is 0 Å². The van der Waals surface area contributed by atoms with Gasteiger partial charge in [0.1, 0.15) is 33.8 Å². The Balaban J connectivity index is 1.51. The number of nitrogens with zero attached hydrogens (tertiary/aromatic N) is 3. The van der Waals surface area contributed by atoms with Crippen molar-refractivity contribution >= 4 is 38.3 Å². The summed E-state index contributed by atoms with van der Waals surface area (Å²) in [4.78, 5) is 24.7. The summed E-state index contributed by atoms with van der Waals surface area (Å²) in [6, 6.07) is 8.81. The highest BCUT2D eigenvalue weighted by Gasteiger charge is 2.31. The molecule has 16 heteroatoms. The summed E-state index contributed by atoms with van der Waals surface area (Å²) in [6.07, 6.45) is 3.73. The number of hydrogen-bond donors (Lipinski definition) is 2. The standard InChI is InChI=1S/C32H26F3N5O7S/c1-44-30-24(14-37-32(39-30)46-3)16-8-25(35)28-26(9-16)36-15-27(48(42,43)40-20-4-5-20)29(28)38-21-6-17(31(41)45-2)7-22(13-21)47-23-11-18(33)10-19(34)12-23/h6-15,20,40H,4-5H2,1-3H3,(H,36,38). The fraction of sp³-hybridized carbons (Fsp3) is 0.188. The van der Waals surface area contributed by atoms with E-state index in [0.29, 0.717) is 24.5 Å². The molecule has 0 atom stereocenters. The lowest BCUT2D eigenvalue weighted by Crippen LogP contribution is -2.26. The van der Waals surface area contributed by atoms with E-state index < -0.39 is 33.4 Å². The fourth-order valence-corrected chi connectivity index (χ4v) is 6.28. The first-order valence-corrected chi connectivity index (χ1v) is 15.7. The molecule has 2 heterocycles. The van der Waals surface area contributed by atoms with Crippen molar-refractivity contribution in [2.24, 2.45) is 0 Å². The van der Waals surface area contributed by atoms with Crippen LogP contribution in [0.25, 0.3) is 22.0 Å². The molecule has 0 spiro atoms. The van der Waals surface area contributed by atoms with Gasteiger partial charge in [0.05, 0.1) is 49.0 Å². The Labute approximate surface area is 271 Å². The minimum atomic E-state index is -4.24. The zero-order valence-electron chi connectivity index (χ0n) is 25.5. The summed E-state index contributed by atoms with van der Waals surface area (Å²) in [5.41, 5.74) is 0.405. The highest BCUT2D eigenvalue weighted by atomic mass is 32.2. The van der Waals surface area contributed by atoms with E-state index in [0.717, 1.165) is 31.5 Å². The molecule has 0 radical (unpaired) electrons. The molecular weight excluding hydrogens is 655 g/mol. The average molecular weight is 682 g/mol. The van der Waals surface area contributed by atoms with Crippen molar-refractivity contribution in [3.63, 3.8) is 0 Å². The van der Waals surface area contributed by atoms with Crippen LogP contribution in [-0.2, 0) is 14.8 Å². The third-order valence-corrected chi connectivity index (χ3v) is 8.69. The molecule has 1 fully saturated rings. The zero-order chi connectivity index (χ0) is 34.2. The molecule has 0 aliphatic heterocycles. The number of carbonyl (C=O) groups is 1. The number of carbonyl (C=O) groups excluding carboxylic acids is 1. The van der Waals surface area contributed by atoms with Gasteiger partial charge in [-0.05, 0) is 42.7 Å². The van der Waals surface area contributed by atoms with Gasteiger partial charge in [0.15, 0.2) is 0 Å². The van der Waals surface area contributed by atoms with Gasteiger partial charge in [-0.1, -0.05) is 0 Å². The summed E-state index contributed by atoms with van der Waals surface area (Å²) in [6.45, 7) is 0. The van der Waals surface area contributed by atoms with Crippen LogP contribution in [0.3, 0.4) is 0 Å². The number of nitrogens with one attached hydrogen (secondary N) is 2. The van der Waals surface area contributed by atoms with E-state index in [1.54, 1.807) is 0 Å². The second kappa shape index (κ2) is 13.0. The molecule has 48 heavy (non-hydrogen) atoms. The van der Waals surface area contributed by atoms with Crippen LogP contribution in [0.1, 0.15) is 23.2 Å². The molecule has 5 aromatic rings. The number of anilines is 2. The molecule has 6 rings (SSSR count). The fourth-order valence-electron chi connectivity index (χ4n) is 4.86. The first-order chi connectivity index (χ1) is 23.0. The van der Waals surface area contributed by atoms with E-state index in [1.165, 1.54) is 44.7 Å². The van der Waals surface area contributed by atoms with Gasteiger partial charge in [0.25, 0.3) is 0 Å². The highest BCUT2D eigenvalue weighted by Crippen LogP contribution is 2.39. The molecule has 0 bridgehead atoms. The van der Waals surface area contributed by atoms with Crippen molar-refractivity contribution in [2.45, 2.75) is 23.8 Å². The van der Waals surface area contributed by atoms with Crippen LogP contribution in [0, 0.1) is 17.5 Å². The van der Waals surface area contributed by atoms with E-state index in [-0.39, 0.29) is 67.7 Å². The van der Waals surface area contributed by atoms with Crippen molar-refractivity contribution in [3.05, 3.63) is 83.9 Å². The van der Waals surface area contributed by atoms with Crippen LogP contribution < -0.4 is 24.2 Å². The lowest BCUT2D eigenvalue weighted by molar-refractivity contribution is 0.0600. The zero-order valence-corrected chi connectivity index (χ0v) is 26.3. The van der Waals surface area contributed by atoms with Gasteiger partial charge in [-0.15, -0.1) is 0 Å². The lowest BCUT2D eigenvalue weighted by atomic mass is 10.0. The molecule has 1 aliphatic carbocycles. The van der Waals surface area contributed by atoms with Gasteiger partial charge in [-0.25, -0.2) is 36.1 Å². The normalized spacial score (nSPS) is 12.9. The predicted octanol–water partition coefficient (Wildman–Crippen LogP) is 5.89. The number of rotatable bonds is 11. The number of hydrogen-bond acceptors (Lipinski definition) is 11. The molecule has 1 saturated carbocycles. The van der Waals surface area contributed by atoms with Crippen molar-refractivity contribution in [3.8, 4) is 34.5 Å². The molecular formula is C32H26F3N5O7S. The number of esters is 1. The number of methoxy groups -OCH3 is 3. The Morgan fingerprint density at radius 2 is 1.60 bits per heavy atom. The van der Waals surface area contributed by atoms with Crippen LogP contribution in [0.5, 0.6) is 23.4 Å². The van der Waals surface area contributed by atoms with Gasteiger partial charge < -0.3 is 24.3 Å². The Morgan fingerprint density at radius 3 is 2.27 bits per heavy atom. The summed E-state index contributed by atoms with van der Waals surface area (Å²) in [7, 11) is -0.342. The third-order valence-electron chi connectivity index (χ3n) is 7.16. The average Bonchev–Trinajstić information content (AvgIpc) is 3.86. The van der Waals surface area contributed by atoms with Crippen molar-refractivity contribution < 1.29 is 45.3 Å². The van der Waals surface area contributed by atoms with E-state index >= 15 is 4.39 Å². The monoisotopic (exact) mass is 681 g/mol. The van der Waals surface area contributed by atoms with Crippen LogP contribution in [-0.4, -0.2) is 56.7 Å². The summed E-state index contributed by atoms with van der Waals surface area (Å²) < 4.78 is 94.6. The number of ether oxygens (including phenoxy) is 4. The first-order valence-electron chi connectivity index (χ1n) is 14.2. The van der Waals surface area contributed by atoms with Gasteiger partial charge >= 0.3 is 12.0 Å². The molecule has 3 aromatic carbocycles. The van der Waals surface area contributed by atoms with Gasteiger partial charge in [-0.3, -0.25) is 4.98 Å². The molecule has 2 aromatic heterocycles. The van der Waals surface area contributed by atoms with Gasteiger partial charge in [0, 0.05) is 48.4 Å². The second-order valence-corrected chi connectivity index (χ2v) is 12.3. The molecule has 1 aliphatic rings. The molecule has 2 N–H and O–H groups in total. The van der Waals surface area contributed by atoms with Gasteiger partial charge in [-0.2, -0.15) is 4.98 Å². The SMILES string of the molecule is COC(=O)c1cc(Nc2c(S(=O)(=O)NC3CC3)cnc3cc(-c4cnc(OC)nc4OC)cc(F)c23)cc(Oc2cc(F)cc(F)c2)c1. The van der Waals surface area contributed by atoms with Crippen LogP contribution in [0.15, 0.2) is 65.8 Å². The minimum Gasteiger partial charge on any atom is -0.480 e. The number of sulfonamides is 1. The van der Waals surface area contributed by atoms with Crippen molar-refractivity contribution in [2.75, 3.05) is 26.6 Å². The van der Waals surface area contributed by atoms with Crippen LogP contribution in [0.4, 0.5) is 24.5 Å². The molecule has 0 saturated heterocycles. The Kier molecular flexibility index (Phi) is 8.77. The molecule has 0 amide bonds. The largest absolute Gasteiger partial charge is 0.480 e. The van der Waals surface area contributed by atoms with E-state index in [4.69, 9.17) is 18.9 Å². The van der Waals surface area contributed by atoms with Gasteiger partial charge in [0.2, 0.25) is 15.9 Å². The number of pyridine rings is 1. The maximum absolute atomic E-state index is 16.3. The minimum absolute atomic E-state index is 0.0274. The second-order valence-electron chi connectivity index (χ2n) is 10.6. The smallest absolute Gasteiger partial charge is 0.338 e. The predicted molar refractivity (Wildman–Crippen MR) is 167 cm³/mol. The van der Waals surface area contributed by atoms with E-state index in [2.05, 4.69) is 25.0 Å². The number of fused-ring (bicyclic) bond motifs is 1. The third kappa shape index (κ3) is 6.79. The molecule has 0 unspecified atom stereocenters. The van der Waals surface area contributed by atoms with Crippen molar-refractivity contribution in [1.29, 1.82) is 0 Å². The maximum Gasteiger partial charge on any atom is 0.338 e. The van der Waals surface area contributed by atoms with E-state index in [9.17, 15) is 22.0 Å². The Hall–Kier alpha value is -5.48. The number of aromatic nitrogens is 3. The molecule has 248 valence electrons. The maximum atomic E-state index is 16.3. The molecule has 12 nitrogen and oxygen atoms in total.